The van der Waals surface area contributed by atoms with Crippen molar-refractivity contribution < 1.29 is 9.13 Å². The first-order valence-electron chi connectivity index (χ1n) is 9.80. The van der Waals surface area contributed by atoms with Gasteiger partial charge in [-0.3, -0.25) is 0 Å². The minimum Gasteiger partial charge on any atom is -0.477 e. The maximum absolute atomic E-state index is 13.1. The first-order chi connectivity index (χ1) is 13.7. The molecule has 0 bridgehead atoms. The van der Waals surface area contributed by atoms with Crippen LogP contribution in [0, 0.1) is 11.7 Å². The van der Waals surface area contributed by atoms with E-state index in [4.69, 9.17) is 10.5 Å². The molecule has 1 saturated carbocycles. The average molecular weight is 511 g/mol. The summed E-state index contributed by atoms with van der Waals surface area (Å²) in [6.07, 6.45) is 4.27. The highest BCUT2D eigenvalue weighted by atomic mass is 127. The minimum absolute atomic E-state index is 0. The van der Waals surface area contributed by atoms with Gasteiger partial charge in [-0.15, -0.1) is 24.0 Å². The van der Waals surface area contributed by atoms with Crippen LogP contribution in [-0.4, -0.2) is 48.6 Å². The third kappa shape index (κ3) is 6.19. The van der Waals surface area contributed by atoms with Gasteiger partial charge in [-0.25, -0.2) is 14.4 Å². The Kier molecular flexibility index (Phi) is 7.51. The molecule has 4 rings (SSSR count). The van der Waals surface area contributed by atoms with Gasteiger partial charge in [-0.05, 0) is 54.7 Å². The number of pyridine rings is 1. The van der Waals surface area contributed by atoms with Crippen LogP contribution in [0.5, 0.6) is 5.88 Å². The molecule has 2 fully saturated rings. The molecule has 2 aliphatic rings. The fourth-order valence-electron chi connectivity index (χ4n) is 3.23. The second-order valence-electron chi connectivity index (χ2n) is 7.38. The SMILES string of the molecule is I.NC(=NCc1ccnc(OCC2CC2)c1)N1CCN(c2ccc(F)cc2)CC1. The molecular formula is C21H27FIN5O. The average Bonchev–Trinajstić information content (AvgIpc) is 3.56. The molecular weight excluding hydrogens is 484 g/mol. The zero-order valence-electron chi connectivity index (χ0n) is 16.3. The molecule has 156 valence electrons. The molecule has 2 N–H and O–H groups in total. The van der Waals surface area contributed by atoms with Crippen molar-refractivity contribution in [3.05, 3.63) is 54.0 Å². The summed E-state index contributed by atoms with van der Waals surface area (Å²) in [7, 11) is 0. The summed E-state index contributed by atoms with van der Waals surface area (Å²) in [6.45, 7) is 4.50. The first-order valence-corrected chi connectivity index (χ1v) is 9.80. The van der Waals surface area contributed by atoms with Crippen molar-refractivity contribution in [2.24, 2.45) is 16.6 Å². The molecule has 1 aromatic heterocycles. The molecule has 2 heterocycles. The lowest BCUT2D eigenvalue weighted by Crippen LogP contribution is -2.51. The highest BCUT2D eigenvalue weighted by Crippen LogP contribution is 2.29. The van der Waals surface area contributed by atoms with Gasteiger partial charge in [0, 0.05) is 44.1 Å². The van der Waals surface area contributed by atoms with Crippen LogP contribution in [0.2, 0.25) is 0 Å². The predicted octanol–water partition coefficient (Wildman–Crippen LogP) is 3.26. The number of aromatic nitrogens is 1. The van der Waals surface area contributed by atoms with Crippen LogP contribution in [0.3, 0.4) is 0 Å². The third-order valence-electron chi connectivity index (χ3n) is 5.18. The van der Waals surface area contributed by atoms with Gasteiger partial charge in [0.15, 0.2) is 5.96 Å². The number of guanidine groups is 1. The number of hydrogen-bond acceptors (Lipinski definition) is 4. The summed E-state index contributed by atoms with van der Waals surface area (Å²) < 4.78 is 18.8. The van der Waals surface area contributed by atoms with Crippen LogP contribution in [-0.2, 0) is 6.54 Å². The molecule has 0 unspecified atom stereocenters. The topological polar surface area (TPSA) is 67.0 Å². The third-order valence-corrected chi connectivity index (χ3v) is 5.18. The van der Waals surface area contributed by atoms with Gasteiger partial charge in [-0.1, -0.05) is 0 Å². The highest BCUT2D eigenvalue weighted by Gasteiger charge is 2.22. The number of piperazine rings is 1. The van der Waals surface area contributed by atoms with E-state index in [9.17, 15) is 4.39 Å². The number of hydrogen-bond donors (Lipinski definition) is 1. The summed E-state index contributed by atoms with van der Waals surface area (Å²) in [4.78, 5) is 13.1. The zero-order valence-corrected chi connectivity index (χ0v) is 18.7. The maximum atomic E-state index is 13.1. The van der Waals surface area contributed by atoms with Gasteiger partial charge >= 0.3 is 0 Å². The molecule has 1 aromatic carbocycles. The number of aliphatic imine (C=N–C) groups is 1. The molecule has 29 heavy (non-hydrogen) atoms. The monoisotopic (exact) mass is 511 g/mol. The first kappa shape index (κ1) is 21.6. The largest absolute Gasteiger partial charge is 0.477 e. The normalized spacial score (nSPS) is 17.1. The Bertz CT molecular complexity index is 820. The number of halogens is 2. The van der Waals surface area contributed by atoms with Gasteiger partial charge in [0.1, 0.15) is 5.82 Å². The lowest BCUT2D eigenvalue weighted by molar-refractivity contribution is 0.288. The molecule has 0 spiro atoms. The number of nitrogens with zero attached hydrogens (tertiary/aromatic N) is 4. The smallest absolute Gasteiger partial charge is 0.213 e. The molecule has 1 aliphatic heterocycles. The molecule has 1 aliphatic carbocycles. The second-order valence-corrected chi connectivity index (χ2v) is 7.38. The number of anilines is 1. The van der Waals surface area contributed by atoms with Crippen molar-refractivity contribution in [3.63, 3.8) is 0 Å². The van der Waals surface area contributed by atoms with Crippen LogP contribution >= 0.6 is 24.0 Å². The van der Waals surface area contributed by atoms with Crippen molar-refractivity contribution in [3.8, 4) is 5.88 Å². The Balaban J connectivity index is 0.00000240. The lowest BCUT2D eigenvalue weighted by Gasteiger charge is -2.36. The van der Waals surface area contributed by atoms with E-state index >= 15 is 0 Å². The van der Waals surface area contributed by atoms with Crippen molar-refractivity contribution >= 4 is 35.6 Å². The Morgan fingerprint density at radius 3 is 2.55 bits per heavy atom. The Morgan fingerprint density at radius 1 is 1.14 bits per heavy atom. The summed E-state index contributed by atoms with van der Waals surface area (Å²) in [6, 6.07) is 10.5. The fourth-order valence-corrected chi connectivity index (χ4v) is 3.23. The quantitative estimate of drug-likeness (QED) is 0.367. The van der Waals surface area contributed by atoms with Crippen LogP contribution in [0.25, 0.3) is 0 Å². The summed E-state index contributed by atoms with van der Waals surface area (Å²) in [5, 5.41) is 0. The maximum Gasteiger partial charge on any atom is 0.213 e. The van der Waals surface area contributed by atoms with E-state index < -0.39 is 0 Å². The highest BCUT2D eigenvalue weighted by molar-refractivity contribution is 14.0. The minimum atomic E-state index is -0.212. The van der Waals surface area contributed by atoms with Crippen LogP contribution < -0.4 is 15.4 Å². The standard InChI is InChI=1S/C21H26FN5O.HI/c22-18-3-5-19(6-4-18)26-9-11-27(12-10-26)21(23)25-14-17-7-8-24-20(13-17)28-15-16-1-2-16;/h3-8,13,16H,1-2,9-12,14-15H2,(H2,23,25);1H. The Labute approximate surface area is 188 Å². The summed E-state index contributed by atoms with van der Waals surface area (Å²) in [5.74, 6) is 1.70. The van der Waals surface area contributed by atoms with Gasteiger partial charge in [0.2, 0.25) is 5.88 Å². The van der Waals surface area contributed by atoms with E-state index in [2.05, 4.69) is 19.8 Å². The van der Waals surface area contributed by atoms with Gasteiger partial charge < -0.3 is 20.3 Å². The molecule has 1 saturated heterocycles. The van der Waals surface area contributed by atoms with Gasteiger partial charge in [-0.2, -0.15) is 0 Å². The lowest BCUT2D eigenvalue weighted by atomic mass is 10.2. The van der Waals surface area contributed by atoms with E-state index in [1.165, 1.54) is 25.0 Å². The van der Waals surface area contributed by atoms with Gasteiger partial charge in [0.05, 0.1) is 13.2 Å². The second kappa shape index (κ2) is 10.1. The van der Waals surface area contributed by atoms with Gasteiger partial charge in [0.25, 0.3) is 0 Å². The van der Waals surface area contributed by atoms with E-state index in [1.807, 2.05) is 24.3 Å². The van der Waals surface area contributed by atoms with Crippen molar-refractivity contribution in [1.82, 2.24) is 9.88 Å². The molecule has 8 heteroatoms. The number of nitrogens with two attached hydrogens (primary N) is 1. The molecule has 0 atom stereocenters. The van der Waals surface area contributed by atoms with E-state index in [0.29, 0.717) is 24.3 Å². The van der Waals surface area contributed by atoms with E-state index in [1.54, 1.807) is 6.20 Å². The molecule has 0 radical (unpaired) electrons. The fraction of sp³-hybridized carbons (Fsp3) is 0.429. The predicted molar refractivity (Wildman–Crippen MR) is 123 cm³/mol. The van der Waals surface area contributed by atoms with E-state index in [-0.39, 0.29) is 29.8 Å². The Hall–Kier alpha value is -2.10. The summed E-state index contributed by atoms with van der Waals surface area (Å²) >= 11 is 0. The Morgan fingerprint density at radius 2 is 1.86 bits per heavy atom. The van der Waals surface area contributed by atoms with Crippen LogP contribution in [0.4, 0.5) is 10.1 Å². The number of ether oxygens (including phenoxy) is 1. The van der Waals surface area contributed by atoms with Crippen LogP contribution in [0.15, 0.2) is 47.6 Å². The molecule has 2 aromatic rings. The van der Waals surface area contributed by atoms with Crippen molar-refractivity contribution in [2.45, 2.75) is 19.4 Å². The summed E-state index contributed by atoms with van der Waals surface area (Å²) in [5.41, 5.74) is 8.28. The van der Waals surface area contributed by atoms with Crippen molar-refractivity contribution in [1.29, 1.82) is 0 Å². The van der Waals surface area contributed by atoms with Crippen LogP contribution in [0.1, 0.15) is 18.4 Å². The van der Waals surface area contributed by atoms with Crippen molar-refractivity contribution in [2.75, 3.05) is 37.7 Å². The number of benzene rings is 1. The number of rotatable bonds is 6. The molecule has 6 nitrogen and oxygen atoms in total. The zero-order chi connectivity index (χ0) is 19.3. The van der Waals surface area contributed by atoms with E-state index in [0.717, 1.165) is 44.0 Å². The molecule has 0 amide bonds.